The summed E-state index contributed by atoms with van der Waals surface area (Å²) < 4.78 is 5.24. The van der Waals surface area contributed by atoms with Gasteiger partial charge in [0.1, 0.15) is 13.7 Å². The van der Waals surface area contributed by atoms with Crippen LogP contribution in [-0.4, -0.2) is 48.6 Å². The van der Waals surface area contributed by atoms with E-state index in [2.05, 4.69) is 5.16 Å². The molecule has 1 unspecified atom stereocenters. The minimum absolute atomic E-state index is 0.0648. The quantitative estimate of drug-likeness (QED) is 0.841. The molecule has 1 aliphatic heterocycles. The molecule has 2 rings (SSSR count). The van der Waals surface area contributed by atoms with Crippen molar-refractivity contribution in [2.45, 2.75) is 6.61 Å². The Morgan fingerprint density at radius 3 is 2.85 bits per heavy atom. The molecule has 1 aliphatic rings. The van der Waals surface area contributed by atoms with Crippen LogP contribution in [0.1, 0.15) is 5.56 Å². The first-order chi connectivity index (χ1) is 9.74. The molecule has 6 nitrogen and oxygen atoms in total. The molecule has 0 saturated carbocycles. The zero-order valence-corrected chi connectivity index (χ0v) is 11.4. The summed E-state index contributed by atoms with van der Waals surface area (Å²) in [5, 5.41) is 13.1. The van der Waals surface area contributed by atoms with Crippen LogP contribution in [0.5, 0.6) is 0 Å². The monoisotopic (exact) mass is 278 g/mol. The summed E-state index contributed by atoms with van der Waals surface area (Å²) in [6.45, 7) is 0.889. The predicted octanol–water partition coefficient (Wildman–Crippen LogP) is 1.25. The van der Waals surface area contributed by atoms with E-state index >= 15 is 0 Å². The summed E-state index contributed by atoms with van der Waals surface area (Å²) in [4.78, 5) is 18.2. The fourth-order valence-electron chi connectivity index (χ4n) is 2.09. The molecule has 0 radical (unpaired) electrons. The summed E-state index contributed by atoms with van der Waals surface area (Å²) in [6.07, 6.45) is -0.409. The summed E-state index contributed by atoms with van der Waals surface area (Å²) in [6, 6.07) is 9.48. The Kier molecular flexibility index (Phi) is 4.95. The summed E-state index contributed by atoms with van der Waals surface area (Å²) in [7, 11) is 1.44. The molecule has 108 valence electrons. The number of hydrogen-bond acceptors (Lipinski definition) is 5. The van der Waals surface area contributed by atoms with Crippen molar-refractivity contribution in [2.24, 2.45) is 11.1 Å². The van der Waals surface area contributed by atoms with Crippen molar-refractivity contribution in [3.8, 4) is 0 Å². The van der Waals surface area contributed by atoms with Crippen molar-refractivity contribution in [3.63, 3.8) is 0 Å². The zero-order valence-electron chi connectivity index (χ0n) is 11.4. The van der Waals surface area contributed by atoms with Crippen LogP contribution < -0.4 is 0 Å². The second kappa shape index (κ2) is 6.91. The first-order valence-corrected chi connectivity index (χ1v) is 6.41. The van der Waals surface area contributed by atoms with Crippen LogP contribution in [0.15, 0.2) is 35.5 Å². The lowest BCUT2D eigenvalue weighted by molar-refractivity contribution is 0.102. The maximum absolute atomic E-state index is 12.0. The fourth-order valence-corrected chi connectivity index (χ4v) is 2.09. The molecule has 1 aromatic rings. The van der Waals surface area contributed by atoms with Gasteiger partial charge in [0.05, 0.1) is 18.9 Å². The second-order valence-electron chi connectivity index (χ2n) is 4.57. The van der Waals surface area contributed by atoms with Crippen LogP contribution in [0.3, 0.4) is 0 Å². The number of amides is 1. The summed E-state index contributed by atoms with van der Waals surface area (Å²) >= 11 is 0. The van der Waals surface area contributed by atoms with E-state index in [1.807, 2.05) is 30.3 Å². The molecule has 1 atom stereocenters. The number of carbonyl (C=O) groups excluding carboxylic acids is 1. The number of carbonyl (C=O) groups is 1. The minimum Gasteiger partial charge on any atom is -0.445 e. The molecule has 0 bridgehead atoms. The summed E-state index contributed by atoms with van der Waals surface area (Å²) in [5.41, 5.74) is 1.59. The first kappa shape index (κ1) is 14.3. The topological polar surface area (TPSA) is 71.4 Å². The van der Waals surface area contributed by atoms with Gasteiger partial charge in [-0.15, -0.1) is 0 Å². The van der Waals surface area contributed by atoms with Crippen LogP contribution >= 0.6 is 0 Å². The van der Waals surface area contributed by atoms with Crippen molar-refractivity contribution in [1.82, 2.24) is 4.90 Å². The highest BCUT2D eigenvalue weighted by Crippen LogP contribution is 2.15. The standard InChI is InChI=1S/C14H18N2O4/c1-19-15-13-8-16(7-12(13)9-17)14(18)20-10-11-5-3-2-4-6-11/h2-6,12,17H,7-10H2,1H3/b15-13-. The maximum Gasteiger partial charge on any atom is 0.410 e. The SMILES string of the molecule is CO/N=C1/CN(C(=O)OCc2ccccc2)CC1CO. The number of nitrogens with zero attached hydrogens (tertiary/aromatic N) is 2. The highest BCUT2D eigenvalue weighted by atomic mass is 16.6. The normalized spacial score (nSPS) is 20.2. The van der Waals surface area contributed by atoms with Gasteiger partial charge in [-0.1, -0.05) is 35.5 Å². The molecule has 1 N–H and O–H groups in total. The molecule has 6 heteroatoms. The lowest BCUT2D eigenvalue weighted by Crippen LogP contribution is -2.29. The molecule has 1 saturated heterocycles. The van der Waals surface area contributed by atoms with E-state index in [4.69, 9.17) is 9.57 Å². The van der Waals surface area contributed by atoms with Gasteiger partial charge in [0.25, 0.3) is 0 Å². The third-order valence-corrected chi connectivity index (χ3v) is 3.16. The van der Waals surface area contributed by atoms with Gasteiger partial charge in [-0.25, -0.2) is 4.79 Å². The Morgan fingerprint density at radius 2 is 2.20 bits per heavy atom. The summed E-state index contributed by atoms with van der Waals surface area (Å²) in [5.74, 6) is -0.181. The van der Waals surface area contributed by atoms with Gasteiger partial charge in [0.15, 0.2) is 0 Å². The van der Waals surface area contributed by atoms with Gasteiger partial charge < -0.3 is 19.6 Å². The van der Waals surface area contributed by atoms with Gasteiger partial charge in [-0.2, -0.15) is 0 Å². The van der Waals surface area contributed by atoms with Crippen molar-refractivity contribution in [3.05, 3.63) is 35.9 Å². The van der Waals surface area contributed by atoms with Gasteiger partial charge in [0, 0.05) is 12.5 Å². The molecule has 0 aromatic heterocycles. The van der Waals surface area contributed by atoms with Gasteiger partial charge >= 0.3 is 6.09 Å². The highest BCUT2D eigenvalue weighted by molar-refractivity contribution is 5.93. The second-order valence-corrected chi connectivity index (χ2v) is 4.57. The first-order valence-electron chi connectivity index (χ1n) is 6.41. The van der Waals surface area contributed by atoms with E-state index in [1.54, 1.807) is 0 Å². The van der Waals surface area contributed by atoms with E-state index in [9.17, 15) is 9.90 Å². The van der Waals surface area contributed by atoms with Crippen molar-refractivity contribution in [1.29, 1.82) is 0 Å². The van der Waals surface area contributed by atoms with E-state index in [0.29, 0.717) is 18.8 Å². The molecule has 1 amide bonds. The lowest BCUT2D eigenvalue weighted by Gasteiger charge is -2.15. The number of hydrogen-bond donors (Lipinski definition) is 1. The van der Waals surface area contributed by atoms with Crippen LogP contribution in [0, 0.1) is 5.92 Å². The number of ether oxygens (including phenoxy) is 1. The number of rotatable bonds is 4. The molecular weight excluding hydrogens is 260 g/mol. The number of likely N-dealkylation sites (tertiary alicyclic amines) is 1. The predicted molar refractivity (Wildman–Crippen MR) is 73.2 cm³/mol. The highest BCUT2D eigenvalue weighted by Gasteiger charge is 2.33. The number of benzene rings is 1. The van der Waals surface area contributed by atoms with E-state index in [1.165, 1.54) is 12.0 Å². The third-order valence-electron chi connectivity index (χ3n) is 3.16. The van der Waals surface area contributed by atoms with Gasteiger partial charge in [0.2, 0.25) is 0 Å². The number of aliphatic hydroxyl groups excluding tert-OH is 1. The van der Waals surface area contributed by atoms with E-state index in [-0.39, 0.29) is 19.1 Å². The molecule has 1 fully saturated rings. The van der Waals surface area contributed by atoms with E-state index in [0.717, 1.165) is 5.56 Å². The molecule has 20 heavy (non-hydrogen) atoms. The van der Waals surface area contributed by atoms with Crippen molar-refractivity contribution in [2.75, 3.05) is 26.8 Å². The van der Waals surface area contributed by atoms with Crippen LogP contribution in [0.2, 0.25) is 0 Å². The van der Waals surface area contributed by atoms with Crippen LogP contribution in [0.4, 0.5) is 4.79 Å². The maximum atomic E-state index is 12.0. The van der Waals surface area contributed by atoms with Gasteiger partial charge in [-0.05, 0) is 5.56 Å². The molecule has 1 heterocycles. The van der Waals surface area contributed by atoms with Crippen LogP contribution in [-0.2, 0) is 16.2 Å². The molecule has 0 aliphatic carbocycles. The van der Waals surface area contributed by atoms with Gasteiger partial charge in [-0.3, -0.25) is 0 Å². The lowest BCUT2D eigenvalue weighted by atomic mass is 10.1. The van der Waals surface area contributed by atoms with Crippen molar-refractivity contribution >= 4 is 11.8 Å². The zero-order chi connectivity index (χ0) is 14.4. The Balaban J connectivity index is 1.89. The Morgan fingerprint density at radius 1 is 1.45 bits per heavy atom. The molecular formula is C14H18N2O4. The van der Waals surface area contributed by atoms with E-state index < -0.39 is 6.09 Å². The Labute approximate surface area is 117 Å². The van der Waals surface area contributed by atoms with Crippen LogP contribution in [0.25, 0.3) is 0 Å². The smallest absolute Gasteiger partial charge is 0.410 e. The average Bonchev–Trinajstić information content (AvgIpc) is 2.89. The minimum atomic E-state index is -0.409. The fraction of sp³-hybridized carbons (Fsp3) is 0.429. The molecule has 1 aromatic carbocycles. The Bertz CT molecular complexity index is 475. The number of aliphatic hydroxyl groups is 1. The van der Waals surface area contributed by atoms with Crippen molar-refractivity contribution < 1.29 is 19.5 Å². The third kappa shape index (κ3) is 3.48. The number of oxime groups is 1. The largest absolute Gasteiger partial charge is 0.445 e. The molecule has 0 spiro atoms. The average molecular weight is 278 g/mol. The Hall–Kier alpha value is -2.08.